The van der Waals surface area contributed by atoms with Crippen LogP contribution in [0.4, 0.5) is 5.69 Å². The van der Waals surface area contributed by atoms with Crippen molar-refractivity contribution in [2.24, 2.45) is 0 Å². The van der Waals surface area contributed by atoms with Crippen LogP contribution in [0.5, 0.6) is 0 Å². The predicted octanol–water partition coefficient (Wildman–Crippen LogP) is 1.80. The van der Waals surface area contributed by atoms with Crippen LogP contribution in [0.1, 0.15) is 18.4 Å². The summed E-state index contributed by atoms with van der Waals surface area (Å²) in [5, 5.41) is 3.54. The SMILES string of the molecule is c1ccc2c(c1)CCC1CNCCCN21. The molecule has 0 spiro atoms. The lowest BCUT2D eigenvalue weighted by molar-refractivity contribution is 0.529. The fraction of sp³-hybridized carbons (Fsp3) is 0.538. The van der Waals surface area contributed by atoms with Gasteiger partial charge in [-0.15, -0.1) is 0 Å². The van der Waals surface area contributed by atoms with E-state index >= 15 is 0 Å². The normalized spacial score (nSPS) is 25.3. The van der Waals surface area contributed by atoms with Crippen LogP contribution in [0.25, 0.3) is 0 Å². The van der Waals surface area contributed by atoms with Gasteiger partial charge >= 0.3 is 0 Å². The van der Waals surface area contributed by atoms with E-state index in [0.29, 0.717) is 0 Å². The van der Waals surface area contributed by atoms with Crippen molar-refractivity contribution < 1.29 is 0 Å². The Bertz CT molecular complexity index is 348. The molecule has 1 aromatic carbocycles. The van der Waals surface area contributed by atoms with Gasteiger partial charge in [0.15, 0.2) is 0 Å². The quantitative estimate of drug-likeness (QED) is 0.690. The Balaban J connectivity index is 1.96. The van der Waals surface area contributed by atoms with Crippen LogP contribution < -0.4 is 10.2 Å². The summed E-state index contributed by atoms with van der Waals surface area (Å²) in [5.74, 6) is 0. The summed E-state index contributed by atoms with van der Waals surface area (Å²) in [4.78, 5) is 2.61. The Hall–Kier alpha value is -1.02. The summed E-state index contributed by atoms with van der Waals surface area (Å²) in [6.45, 7) is 3.55. The number of hydrogen-bond donors (Lipinski definition) is 1. The average Bonchev–Trinajstić information content (AvgIpc) is 2.54. The summed E-state index contributed by atoms with van der Waals surface area (Å²) in [6.07, 6.45) is 3.83. The molecule has 0 saturated carbocycles. The highest BCUT2D eigenvalue weighted by Crippen LogP contribution is 2.30. The number of anilines is 1. The Labute approximate surface area is 91.3 Å². The first-order valence-electron chi connectivity index (χ1n) is 6.00. The Morgan fingerprint density at radius 3 is 3.20 bits per heavy atom. The molecule has 1 aromatic rings. The summed E-state index contributed by atoms with van der Waals surface area (Å²) in [5.41, 5.74) is 3.02. The Kier molecular flexibility index (Phi) is 2.37. The van der Waals surface area contributed by atoms with E-state index in [4.69, 9.17) is 0 Å². The van der Waals surface area contributed by atoms with E-state index in [1.165, 1.54) is 43.6 Å². The molecule has 1 fully saturated rings. The summed E-state index contributed by atoms with van der Waals surface area (Å²) in [6, 6.07) is 9.62. The molecule has 2 heteroatoms. The number of nitrogens with one attached hydrogen (secondary N) is 1. The number of hydrogen-bond acceptors (Lipinski definition) is 2. The Morgan fingerprint density at radius 1 is 1.27 bits per heavy atom. The monoisotopic (exact) mass is 202 g/mol. The zero-order chi connectivity index (χ0) is 10.1. The van der Waals surface area contributed by atoms with Crippen LogP contribution in [-0.2, 0) is 6.42 Å². The van der Waals surface area contributed by atoms with Gasteiger partial charge in [-0.05, 0) is 37.4 Å². The summed E-state index contributed by atoms with van der Waals surface area (Å²) < 4.78 is 0. The molecule has 15 heavy (non-hydrogen) atoms. The zero-order valence-electron chi connectivity index (χ0n) is 9.08. The second-order valence-electron chi connectivity index (χ2n) is 4.57. The van der Waals surface area contributed by atoms with Crippen LogP contribution in [0, 0.1) is 0 Å². The van der Waals surface area contributed by atoms with Crippen molar-refractivity contribution >= 4 is 5.69 Å². The van der Waals surface area contributed by atoms with Crippen molar-refractivity contribution in [2.45, 2.75) is 25.3 Å². The fourth-order valence-corrected chi connectivity index (χ4v) is 2.84. The minimum Gasteiger partial charge on any atom is -0.367 e. The van der Waals surface area contributed by atoms with Gasteiger partial charge in [0.25, 0.3) is 0 Å². The Morgan fingerprint density at radius 2 is 2.20 bits per heavy atom. The van der Waals surface area contributed by atoms with E-state index in [1.807, 2.05) is 0 Å². The van der Waals surface area contributed by atoms with Gasteiger partial charge in [-0.1, -0.05) is 18.2 Å². The third kappa shape index (κ3) is 1.63. The molecule has 0 radical (unpaired) electrons. The van der Waals surface area contributed by atoms with Crippen molar-refractivity contribution in [3.8, 4) is 0 Å². The fourth-order valence-electron chi connectivity index (χ4n) is 2.84. The van der Waals surface area contributed by atoms with Gasteiger partial charge in [0.05, 0.1) is 0 Å². The van der Waals surface area contributed by atoms with Crippen molar-refractivity contribution in [2.75, 3.05) is 24.5 Å². The van der Waals surface area contributed by atoms with E-state index in [-0.39, 0.29) is 0 Å². The molecule has 1 unspecified atom stereocenters. The zero-order valence-corrected chi connectivity index (χ0v) is 9.08. The van der Waals surface area contributed by atoms with Gasteiger partial charge in [0.2, 0.25) is 0 Å². The smallest absolute Gasteiger partial charge is 0.0417 e. The van der Waals surface area contributed by atoms with E-state index < -0.39 is 0 Å². The average molecular weight is 202 g/mol. The molecule has 1 N–H and O–H groups in total. The molecule has 0 bridgehead atoms. The van der Waals surface area contributed by atoms with Gasteiger partial charge in [-0.2, -0.15) is 0 Å². The lowest BCUT2D eigenvalue weighted by Gasteiger charge is -2.37. The lowest BCUT2D eigenvalue weighted by Crippen LogP contribution is -2.43. The van der Waals surface area contributed by atoms with E-state index in [9.17, 15) is 0 Å². The lowest BCUT2D eigenvalue weighted by atomic mass is 9.96. The summed E-state index contributed by atoms with van der Waals surface area (Å²) >= 11 is 0. The van der Waals surface area contributed by atoms with E-state index in [2.05, 4.69) is 34.5 Å². The first-order valence-corrected chi connectivity index (χ1v) is 6.00. The largest absolute Gasteiger partial charge is 0.367 e. The van der Waals surface area contributed by atoms with E-state index in [1.54, 1.807) is 0 Å². The molecule has 2 aliphatic rings. The molecule has 2 aliphatic heterocycles. The van der Waals surface area contributed by atoms with Crippen molar-refractivity contribution in [1.29, 1.82) is 0 Å². The molecule has 80 valence electrons. The molecule has 1 saturated heterocycles. The second kappa shape index (κ2) is 3.86. The predicted molar refractivity (Wildman–Crippen MR) is 63.4 cm³/mol. The third-order valence-electron chi connectivity index (χ3n) is 3.62. The molecular formula is C13H18N2. The highest BCUT2D eigenvalue weighted by atomic mass is 15.2. The van der Waals surface area contributed by atoms with Crippen LogP contribution in [0.15, 0.2) is 24.3 Å². The maximum Gasteiger partial charge on any atom is 0.0417 e. The standard InChI is InChI=1S/C13H18N2/c1-2-5-13-11(4-1)6-7-12-10-14-8-3-9-15(12)13/h1-2,4-5,12,14H,3,6-10H2. The van der Waals surface area contributed by atoms with Gasteiger partial charge in [0.1, 0.15) is 0 Å². The first-order chi connectivity index (χ1) is 7.45. The first kappa shape index (κ1) is 9.22. The van der Waals surface area contributed by atoms with Gasteiger partial charge in [0, 0.05) is 24.8 Å². The number of rotatable bonds is 0. The van der Waals surface area contributed by atoms with Crippen LogP contribution >= 0.6 is 0 Å². The maximum atomic E-state index is 3.54. The van der Waals surface area contributed by atoms with Crippen molar-refractivity contribution in [1.82, 2.24) is 5.32 Å². The number of fused-ring (bicyclic) bond motifs is 3. The highest BCUT2D eigenvalue weighted by molar-refractivity contribution is 5.56. The number of aryl methyl sites for hydroxylation is 1. The molecule has 1 atom stereocenters. The van der Waals surface area contributed by atoms with Gasteiger partial charge in [-0.25, -0.2) is 0 Å². The van der Waals surface area contributed by atoms with Crippen LogP contribution in [0.2, 0.25) is 0 Å². The third-order valence-corrected chi connectivity index (χ3v) is 3.62. The van der Waals surface area contributed by atoms with Crippen LogP contribution in [0.3, 0.4) is 0 Å². The second-order valence-corrected chi connectivity index (χ2v) is 4.57. The molecule has 3 rings (SSSR count). The van der Waals surface area contributed by atoms with Gasteiger partial charge in [-0.3, -0.25) is 0 Å². The molecule has 2 nitrogen and oxygen atoms in total. The highest BCUT2D eigenvalue weighted by Gasteiger charge is 2.26. The molecule has 0 aliphatic carbocycles. The van der Waals surface area contributed by atoms with E-state index in [0.717, 1.165) is 12.6 Å². The van der Waals surface area contributed by atoms with Crippen LogP contribution in [-0.4, -0.2) is 25.7 Å². The number of benzene rings is 1. The topological polar surface area (TPSA) is 15.3 Å². The minimum atomic E-state index is 0.724. The number of nitrogens with zero attached hydrogens (tertiary/aromatic N) is 1. The number of para-hydroxylation sites is 1. The maximum absolute atomic E-state index is 3.54. The van der Waals surface area contributed by atoms with Crippen molar-refractivity contribution in [3.63, 3.8) is 0 Å². The van der Waals surface area contributed by atoms with Crippen molar-refractivity contribution in [3.05, 3.63) is 29.8 Å². The summed E-state index contributed by atoms with van der Waals surface area (Å²) in [7, 11) is 0. The molecule has 2 heterocycles. The molecule has 0 amide bonds. The minimum absolute atomic E-state index is 0.724. The molecular weight excluding hydrogens is 184 g/mol. The molecule has 0 aromatic heterocycles. The van der Waals surface area contributed by atoms with Gasteiger partial charge < -0.3 is 10.2 Å².